The van der Waals surface area contributed by atoms with E-state index in [0.29, 0.717) is 21.9 Å². The Kier molecular flexibility index (Phi) is 5.17. The fraction of sp³-hybridized carbons (Fsp3) is 0.205. The predicted octanol–water partition coefficient (Wildman–Crippen LogP) is 10.5. The number of benzene rings is 5. The normalized spacial score (nSPS) is 13.0. The molecule has 43 heavy (non-hydrogen) atoms. The van der Waals surface area contributed by atoms with Crippen LogP contribution >= 0.6 is 0 Å². The van der Waals surface area contributed by atoms with Crippen LogP contribution < -0.4 is 5.43 Å². The molecule has 5 aromatic carbocycles. The zero-order chi connectivity index (χ0) is 29.8. The lowest BCUT2D eigenvalue weighted by Crippen LogP contribution is -2.19. The molecule has 0 atom stereocenters. The molecule has 0 unspecified atom stereocenters. The van der Waals surface area contributed by atoms with Gasteiger partial charge in [-0.15, -0.1) is 0 Å². The lowest BCUT2D eigenvalue weighted by atomic mass is 9.79. The van der Waals surface area contributed by atoms with Crippen LogP contribution in [0.3, 0.4) is 0 Å². The van der Waals surface area contributed by atoms with Crippen molar-refractivity contribution >= 4 is 65.7 Å². The molecule has 0 radical (unpaired) electrons. The molecular formula is C39H33NO3. The first kappa shape index (κ1) is 25.8. The molecule has 3 aromatic heterocycles. The van der Waals surface area contributed by atoms with E-state index >= 15 is 0 Å². The standard InChI is InChI=1S/C39H33NO3/c1-38(2,3)27-18-19-28(39(4,5)6)37-34(27)35(41)26-16-15-22(21-32(26)43-37)40-29-13-9-7-12-25(29)33-30(40)20-17-24-23-11-8-10-14-31(23)42-36(24)33/h7-21H,1-6H3. The second kappa shape index (κ2) is 8.61. The van der Waals surface area contributed by atoms with Crippen molar-refractivity contribution in [1.82, 2.24) is 4.57 Å². The molecule has 0 amide bonds. The maximum atomic E-state index is 14.2. The molecule has 0 fully saturated rings. The second-order valence-corrected chi connectivity index (χ2v) is 13.8. The number of rotatable bonds is 1. The molecule has 212 valence electrons. The number of hydrogen-bond donors (Lipinski definition) is 0. The van der Waals surface area contributed by atoms with Gasteiger partial charge in [0.2, 0.25) is 5.43 Å². The Balaban J connectivity index is 1.47. The number of nitrogens with zero attached hydrogens (tertiary/aromatic N) is 1. The molecule has 0 bridgehead atoms. The summed E-state index contributed by atoms with van der Waals surface area (Å²) in [5.41, 5.74) is 7.73. The number of fused-ring (bicyclic) bond motifs is 9. The summed E-state index contributed by atoms with van der Waals surface area (Å²) in [6.07, 6.45) is 0. The van der Waals surface area contributed by atoms with Crippen LogP contribution in [0.1, 0.15) is 52.7 Å². The molecule has 0 aliphatic rings. The van der Waals surface area contributed by atoms with Crippen LogP contribution in [0.15, 0.2) is 105 Å². The summed E-state index contributed by atoms with van der Waals surface area (Å²) in [6, 6.07) is 31.1. The van der Waals surface area contributed by atoms with Gasteiger partial charge < -0.3 is 13.4 Å². The minimum atomic E-state index is -0.206. The first-order chi connectivity index (χ1) is 20.5. The first-order valence-electron chi connectivity index (χ1n) is 14.9. The molecular weight excluding hydrogens is 530 g/mol. The van der Waals surface area contributed by atoms with E-state index in [2.05, 4.69) is 101 Å². The van der Waals surface area contributed by atoms with Crippen LogP contribution in [-0.4, -0.2) is 4.57 Å². The average molecular weight is 564 g/mol. The predicted molar refractivity (Wildman–Crippen MR) is 179 cm³/mol. The van der Waals surface area contributed by atoms with Crippen molar-refractivity contribution in [3.8, 4) is 5.69 Å². The summed E-state index contributed by atoms with van der Waals surface area (Å²) >= 11 is 0. The maximum absolute atomic E-state index is 14.2. The molecule has 8 rings (SSSR count). The van der Waals surface area contributed by atoms with Crippen molar-refractivity contribution in [1.29, 1.82) is 0 Å². The highest BCUT2D eigenvalue weighted by Gasteiger charge is 2.27. The molecule has 0 saturated carbocycles. The van der Waals surface area contributed by atoms with E-state index in [1.807, 2.05) is 36.4 Å². The monoisotopic (exact) mass is 563 g/mol. The van der Waals surface area contributed by atoms with Crippen LogP contribution in [0, 0.1) is 0 Å². The number of furan rings is 1. The number of para-hydroxylation sites is 2. The Bertz CT molecular complexity index is 2490. The third-order valence-electron chi connectivity index (χ3n) is 8.86. The highest BCUT2D eigenvalue weighted by molar-refractivity contribution is 6.23. The first-order valence-corrected chi connectivity index (χ1v) is 14.9. The molecule has 4 nitrogen and oxygen atoms in total. The van der Waals surface area contributed by atoms with Gasteiger partial charge in [-0.3, -0.25) is 4.79 Å². The van der Waals surface area contributed by atoms with E-state index in [1.165, 1.54) is 0 Å². The van der Waals surface area contributed by atoms with E-state index in [-0.39, 0.29) is 16.3 Å². The third kappa shape index (κ3) is 3.65. The molecule has 0 aliphatic heterocycles. The molecule has 0 spiro atoms. The largest absolute Gasteiger partial charge is 0.455 e. The molecule has 0 N–H and O–H groups in total. The molecule has 0 aliphatic carbocycles. The minimum Gasteiger partial charge on any atom is -0.455 e. The molecule has 3 heterocycles. The van der Waals surface area contributed by atoms with Gasteiger partial charge in [0.15, 0.2) is 0 Å². The zero-order valence-corrected chi connectivity index (χ0v) is 25.3. The molecule has 4 heteroatoms. The summed E-state index contributed by atoms with van der Waals surface area (Å²) in [6.45, 7) is 12.9. The van der Waals surface area contributed by atoms with E-state index in [9.17, 15) is 4.79 Å². The Morgan fingerprint density at radius 2 is 1.19 bits per heavy atom. The number of aromatic nitrogens is 1. The second-order valence-electron chi connectivity index (χ2n) is 13.8. The third-order valence-corrected chi connectivity index (χ3v) is 8.86. The topological polar surface area (TPSA) is 48.3 Å². The fourth-order valence-corrected chi connectivity index (χ4v) is 6.81. The van der Waals surface area contributed by atoms with Gasteiger partial charge in [-0.2, -0.15) is 0 Å². The smallest absolute Gasteiger partial charge is 0.200 e. The summed E-state index contributed by atoms with van der Waals surface area (Å²) < 4.78 is 15.5. The lowest BCUT2D eigenvalue weighted by Gasteiger charge is -2.25. The van der Waals surface area contributed by atoms with Gasteiger partial charge in [0.25, 0.3) is 0 Å². The summed E-state index contributed by atoms with van der Waals surface area (Å²) in [4.78, 5) is 14.2. The summed E-state index contributed by atoms with van der Waals surface area (Å²) in [7, 11) is 0. The highest BCUT2D eigenvalue weighted by atomic mass is 16.3. The summed E-state index contributed by atoms with van der Waals surface area (Å²) in [5, 5.41) is 5.69. The lowest BCUT2D eigenvalue weighted by molar-refractivity contribution is 0.562. The van der Waals surface area contributed by atoms with Crippen molar-refractivity contribution in [2.24, 2.45) is 0 Å². The zero-order valence-electron chi connectivity index (χ0n) is 25.3. The molecule has 0 saturated heterocycles. The Labute approximate surface area is 249 Å². The van der Waals surface area contributed by atoms with Gasteiger partial charge in [0.1, 0.15) is 22.3 Å². The SMILES string of the molecule is CC(C)(C)c1ccc(C(C)(C)C)c2c(=O)c3ccc(-n4c5ccccc5c5c6oc7ccccc7c6ccc54)cc3oc12. The Hall–Kier alpha value is -4.83. The van der Waals surface area contributed by atoms with Crippen LogP contribution in [-0.2, 0) is 10.8 Å². The average Bonchev–Trinajstić information content (AvgIpc) is 3.51. The van der Waals surface area contributed by atoms with E-state index < -0.39 is 0 Å². The van der Waals surface area contributed by atoms with Crippen LogP contribution in [0.2, 0.25) is 0 Å². The van der Waals surface area contributed by atoms with E-state index in [4.69, 9.17) is 8.83 Å². The van der Waals surface area contributed by atoms with E-state index in [0.717, 1.165) is 60.6 Å². The Morgan fingerprint density at radius 1 is 0.535 bits per heavy atom. The Morgan fingerprint density at radius 3 is 1.95 bits per heavy atom. The van der Waals surface area contributed by atoms with Gasteiger partial charge in [0, 0.05) is 33.5 Å². The van der Waals surface area contributed by atoms with Crippen LogP contribution in [0.25, 0.3) is 71.4 Å². The minimum absolute atomic E-state index is 0.0185. The van der Waals surface area contributed by atoms with Gasteiger partial charge in [-0.1, -0.05) is 90.1 Å². The van der Waals surface area contributed by atoms with Crippen LogP contribution in [0.5, 0.6) is 0 Å². The highest BCUT2D eigenvalue weighted by Crippen LogP contribution is 2.41. The van der Waals surface area contributed by atoms with Gasteiger partial charge in [-0.25, -0.2) is 0 Å². The quantitative estimate of drug-likeness (QED) is 0.187. The van der Waals surface area contributed by atoms with Crippen LogP contribution in [0.4, 0.5) is 0 Å². The van der Waals surface area contributed by atoms with Crippen molar-refractivity contribution in [2.45, 2.75) is 52.4 Å². The summed E-state index contributed by atoms with van der Waals surface area (Å²) in [5.74, 6) is 0. The molecule has 8 aromatic rings. The van der Waals surface area contributed by atoms with Gasteiger partial charge >= 0.3 is 0 Å². The van der Waals surface area contributed by atoms with Crippen molar-refractivity contribution in [3.05, 3.63) is 112 Å². The van der Waals surface area contributed by atoms with Gasteiger partial charge in [0.05, 0.1) is 27.2 Å². The fourth-order valence-electron chi connectivity index (χ4n) is 6.81. The number of hydrogen-bond acceptors (Lipinski definition) is 3. The van der Waals surface area contributed by atoms with Gasteiger partial charge in [-0.05, 0) is 52.8 Å². The van der Waals surface area contributed by atoms with Crippen molar-refractivity contribution in [2.75, 3.05) is 0 Å². The van der Waals surface area contributed by atoms with Crippen molar-refractivity contribution in [3.63, 3.8) is 0 Å². The van der Waals surface area contributed by atoms with Crippen molar-refractivity contribution < 1.29 is 8.83 Å². The van der Waals surface area contributed by atoms with E-state index in [1.54, 1.807) is 0 Å². The maximum Gasteiger partial charge on any atom is 0.200 e.